The largest absolute Gasteiger partial charge is 0.466 e. The molecule has 11 heteroatoms. The second kappa shape index (κ2) is 6.81. The fourth-order valence-electron chi connectivity index (χ4n) is 2.10. The summed E-state index contributed by atoms with van der Waals surface area (Å²) in [4.78, 5) is 43.7. The van der Waals surface area contributed by atoms with Gasteiger partial charge in [0.15, 0.2) is 0 Å². The Bertz CT molecular complexity index is 759. The second-order valence-corrected chi connectivity index (χ2v) is 4.72. The van der Waals surface area contributed by atoms with Gasteiger partial charge in [-0.1, -0.05) is 0 Å². The van der Waals surface area contributed by atoms with Crippen LogP contribution in [-0.2, 0) is 14.3 Å². The minimum absolute atomic E-state index is 0.178. The van der Waals surface area contributed by atoms with Gasteiger partial charge in [-0.15, -0.1) is 0 Å². The molecule has 0 spiro atoms. The third-order valence-electron chi connectivity index (χ3n) is 3.08. The summed E-state index contributed by atoms with van der Waals surface area (Å²) in [5.74, 6) is -1.14. The van der Waals surface area contributed by atoms with Crippen LogP contribution in [0.15, 0.2) is 23.3 Å². The summed E-state index contributed by atoms with van der Waals surface area (Å²) in [6.07, 6.45) is -0.399. The molecule has 1 heterocycles. The van der Waals surface area contributed by atoms with Gasteiger partial charge in [-0.25, -0.2) is 0 Å². The molecule has 0 saturated carbocycles. The fraction of sp³-hybridized carbons (Fsp3) is 0.308. The summed E-state index contributed by atoms with van der Waals surface area (Å²) in [7, 11) is 0. The van der Waals surface area contributed by atoms with Crippen LogP contribution in [0.3, 0.4) is 0 Å². The molecule has 0 aromatic heterocycles. The van der Waals surface area contributed by atoms with E-state index in [1.807, 2.05) is 0 Å². The number of nitro benzene ring substituents is 2. The van der Waals surface area contributed by atoms with Crippen molar-refractivity contribution in [1.29, 1.82) is 0 Å². The number of ether oxygens (including phenoxy) is 1. The first kappa shape index (κ1) is 17.0. The monoisotopic (exact) mass is 336 g/mol. The maximum atomic E-state index is 12.0. The first-order chi connectivity index (χ1) is 11.3. The summed E-state index contributed by atoms with van der Waals surface area (Å²) in [5, 5.41) is 26.5. The van der Waals surface area contributed by atoms with E-state index in [2.05, 4.69) is 5.10 Å². The van der Waals surface area contributed by atoms with Gasteiger partial charge in [-0.3, -0.25) is 29.8 Å². The van der Waals surface area contributed by atoms with Crippen LogP contribution >= 0.6 is 0 Å². The van der Waals surface area contributed by atoms with Gasteiger partial charge in [-0.2, -0.15) is 10.1 Å². The zero-order chi connectivity index (χ0) is 17.9. The topological polar surface area (TPSA) is 145 Å². The predicted molar refractivity (Wildman–Crippen MR) is 80.5 cm³/mol. The van der Waals surface area contributed by atoms with Crippen molar-refractivity contribution in [2.75, 3.05) is 11.6 Å². The highest BCUT2D eigenvalue weighted by Gasteiger charge is 2.32. The molecule has 1 aliphatic heterocycles. The summed E-state index contributed by atoms with van der Waals surface area (Å²) in [5.41, 5.74) is -1.10. The molecule has 0 saturated heterocycles. The molecule has 0 radical (unpaired) electrons. The third kappa shape index (κ3) is 3.51. The zero-order valence-corrected chi connectivity index (χ0v) is 12.5. The number of nitro groups is 2. The smallest absolute Gasteiger partial charge is 0.311 e. The number of nitrogens with zero attached hydrogens (tertiary/aromatic N) is 4. The van der Waals surface area contributed by atoms with Crippen LogP contribution in [0.25, 0.3) is 0 Å². The molecule has 0 N–H and O–H groups in total. The van der Waals surface area contributed by atoms with Crippen molar-refractivity contribution < 1.29 is 24.2 Å². The van der Waals surface area contributed by atoms with E-state index in [1.54, 1.807) is 6.92 Å². The maximum Gasteiger partial charge on any atom is 0.311 e. The average molecular weight is 336 g/mol. The van der Waals surface area contributed by atoms with Crippen molar-refractivity contribution in [1.82, 2.24) is 0 Å². The van der Waals surface area contributed by atoms with Gasteiger partial charge in [0.2, 0.25) is 0 Å². The zero-order valence-electron chi connectivity index (χ0n) is 12.5. The third-order valence-corrected chi connectivity index (χ3v) is 3.08. The lowest BCUT2D eigenvalue weighted by Gasteiger charge is -2.11. The lowest BCUT2D eigenvalue weighted by molar-refractivity contribution is -0.393. The Morgan fingerprint density at radius 2 is 2.04 bits per heavy atom. The van der Waals surface area contributed by atoms with Crippen LogP contribution in [0.1, 0.15) is 19.8 Å². The van der Waals surface area contributed by atoms with Gasteiger partial charge in [0.05, 0.1) is 41.1 Å². The van der Waals surface area contributed by atoms with E-state index < -0.39 is 33.1 Å². The van der Waals surface area contributed by atoms with Crippen molar-refractivity contribution in [3.05, 3.63) is 38.4 Å². The molecule has 0 aliphatic carbocycles. The molecule has 1 aromatic rings. The van der Waals surface area contributed by atoms with Gasteiger partial charge < -0.3 is 4.74 Å². The molecule has 1 aromatic carbocycles. The molecule has 126 valence electrons. The number of rotatable bonds is 6. The highest BCUT2D eigenvalue weighted by atomic mass is 16.6. The highest BCUT2D eigenvalue weighted by molar-refractivity contribution is 6.17. The van der Waals surface area contributed by atoms with E-state index in [0.717, 1.165) is 23.2 Å². The number of carbonyl (C=O) groups excluding carboxylic acids is 2. The van der Waals surface area contributed by atoms with Gasteiger partial charge >= 0.3 is 11.7 Å². The summed E-state index contributed by atoms with van der Waals surface area (Å²) < 4.78 is 4.75. The number of benzene rings is 1. The van der Waals surface area contributed by atoms with Gasteiger partial charge in [0.25, 0.3) is 11.6 Å². The average Bonchev–Trinajstić information content (AvgIpc) is 2.86. The fourth-order valence-corrected chi connectivity index (χ4v) is 2.10. The number of carbonyl (C=O) groups is 2. The SMILES string of the molecule is CCOC(=O)CC1=NN(c2ccc([N+](=O)[O-])cc2[N+](=O)[O-])C(=O)C1. The summed E-state index contributed by atoms with van der Waals surface area (Å²) >= 11 is 0. The van der Waals surface area contributed by atoms with Gasteiger partial charge in [0, 0.05) is 6.07 Å². The van der Waals surface area contributed by atoms with Crippen LogP contribution in [0.5, 0.6) is 0 Å². The second-order valence-electron chi connectivity index (χ2n) is 4.72. The Morgan fingerprint density at radius 3 is 2.62 bits per heavy atom. The number of hydrogen-bond acceptors (Lipinski definition) is 8. The lowest BCUT2D eigenvalue weighted by atomic mass is 10.2. The molecular formula is C13H12N4O7. The van der Waals surface area contributed by atoms with Gasteiger partial charge in [-0.05, 0) is 13.0 Å². The Morgan fingerprint density at radius 1 is 1.33 bits per heavy atom. The molecule has 0 bridgehead atoms. The lowest BCUT2D eigenvalue weighted by Crippen LogP contribution is -2.20. The number of hydrogen-bond donors (Lipinski definition) is 0. The van der Waals surface area contributed by atoms with Crippen molar-refractivity contribution in [2.45, 2.75) is 19.8 Å². The standard InChI is InChI=1S/C13H12N4O7/c1-2-24-13(19)6-8-5-12(18)15(14-8)10-4-3-9(16(20)21)7-11(10)17(22)23/h3-4,7H,2,5-6H2,1H3. The van der Waals surface area contributed by atoms with Crippen molar-refractivity contribution in [3.8, 4) is 0 Å². The van der Waals surface area contributed by atoms with Crippen LogP contribution < -0.4 is 5.01 Å². The van der Waals surface area contributed by atoms with Crippen LogP contribution in [0.2, 0.25) is 0 Å². The van der Waals surface area contributed by atoms with Crippen molar-refractivity contribution in [2.24, 2.45) is 5.10 Å². The Balaban J connectivity index is 2.35. The number of non-ortho nitro benzene ring substituents is 1. The minimum atomic E-state index is -0.839. The predicted octanol–water partition coefficient (Wildman–Crippen LogP) is 1.55. The normalized spacial score (nSPS) is 13.6. The highest BCUT2D eigenvalue weighted by Crippen LogP contribution is 2.34. The van der Waals surface area contributed by atoms with Crippen LogP contribution in [0.4, 0.5) is 17.1 Å². The molecule has 2 rings (SSSR count). The first-order valence-corrected chi connectivity index (χ1v) is 6.81. The molecule has 1 aliphatic rings. The number of esters is 1. The van der Waals surface area contributed by atoms with E-state index in [4.69, 9.17) is 4.74 Å². The Kier molecular flexibility index (Phi) is 4.82. The molecule has 11 nitrogen and oxygen atoms in total. The van der Waals surface area contributed by atoms with E-state index >= 15 is 0 Å². The molecule has 0 unspecified atom stereocenters. The van der Waals surface area contributed by atoms with E-state index in [9.17, 15) is 29.8 Å². The molecule has 1 amide bonds. The summed E-state index contributed by atoms with van der Waals surface area (Å²) in [6.45, 7) is 1.81. The number of anilines is 1. The van der Waals surface area contributed by atoms with E-state index in [0.29, 0.717) is 0 Å². The van der Waals surface area contributed by atoms with Crippen LogP contribution in [0, 0.1) is 20.2 Å². The number of amides is 1. The van der Waals surface area contributed by atoms with Crippen molar-refractivity contribution in [3.63, 3.8) is 0 Å². The first-order valence-electron chi connectivity index (χ1n) is 6.81. The van der Waals surface area contributed by atoms with E-state index in [-0.39, 0.29) is 30.8 Å². The Hall–Kier alpha value is -3.37. The van der Waals surface area contributed by atoms with E-state index in [1.165, 1.54) is 0 Å². The molecule has 0 fully saturated rings. The number of hydrazone groups is 1. The Labute approximate surface area is 134 Å². The molecular weight excluding hydrogens is 324 g/mol. The van der Waals surface area contributed by atoms with Crippen molar-refractivity contribution >= 4 is 34.7 Å². The van der Waals surface area contributed by atoms with Crippen LogP contribution in [-0.4, -0.2) is 34.0 Å². The molecule has 24 heavy (non-hydrogen) atoms. The minimum Gasteiger partial charge on any atom is -0.466 e. The molecule has 0 atom stereocenters. The maximum absolute atomic E-state index is 12.0. The quantitative estimate of drug-likeness (QED) is 0.435. The summed E-state index contributed by atoms with van der Waals surface area (Å²) in [6, 6.07) is 2.86. The van der Waals surface area contributed by atoms with Gasteiger partial charge in [0.1, 0.15) is 5.69 Å².